The van der Waals surface area contributed by atoms with Gasteiger partial charge in [-0.1, -0.05) is 39.0 Å². The van der Waals surface area contributed by atoms with Crippen LogP contribution in [0.25, 0.3) is 0 Å². The molecule has 1 aromatic rings. The highest BCUT2D eigenvalue weighted by Crippen LogP contribution is 2.46. The summed E-state index contributed by atoms with van der Waals surface area (Å²) in [7, 11) is -1.98. The molecule has 2 fully saturated rings. The third kappa shape index (κ3) is 4.27. The Morgan fingerprint density at radius 2 is 1.89 bits per heavy atom. The SMILES string of the molecule is CC(C)(C)[Si](C)(C)O[C@H]1C[C@H]2OC(=O)C[C@H]2[C@H]1COC(=O)c1ccccc1. The van der Waals surface area contributed by atoms with Crippen LogP contribution in [0.4, 0.5) is 0 Å². The molecule has 0 amide bonds. The average molecular weight is 391 g/mol. The first-order chi connectivity index (χ1) is 12.6. The number of hydrogen-bond acceptors (Lipinski definition) is 5. The summed E-state index contributed by atoms with van der Waals surface area (Å²) in [5.41, 5.74) is 0.535. The number of benzene rings is 1. The van der Waals surface area contributed by atoms with Gasteiger partial charge >= 0.3 is 11.9 Å². The lowest BCUT2D eigenvalue weighted by Gasteiger charge is -2.40. The summed E-state index contributed by atoms with van der Waals surface area (Å²) in [6, 6.07) is 8.98. The lowest BCUT2D eigenvalue weighted by atomic mass is 9.93. The Morgan fingerprint density at radius 1 is 1.22 bits per heavy atom. The minimum atomic E-state index is -1.98. The van der Waals surface area contributed by atoms with Crippen molar-refractivity contribution in [1.82, 2.24) is 0 Å². The van der Waals surface area contributed by atoms with Crippen molar-refractivity contribution in [3.05, 3.63) is 35.9 Å². The molecule has 1 saturated carbocycles. The van der Waals surface area contributed by atoms with E-state index in [1.54, 1.807) is 12.1 Å². The first-order valence-electron chi connectivity index (χ1n) is 9.68. The molecule has 0 bridgehead atoms. The standard InChI is InChI=1S/C21H30O5Si/c1-21(2,3)27(4,5)26-18-12-17-15(11-19(22)25-17)16(18)13-24-20(23)14-9-7-6-8-10-14/h6-10,15-18H,11-13H2,1-5H3/t15-,16+,17+,18-/m0/s1. The van der Waals surface area contributed by atoms with E-state index < -0.39 is 8.32 Å². The first kappa shape index (κ1) is 20.1. The van der Waals surface area contributed by atoms with E-state index in [9.17, 15) is 9.59 Å². The molecule has 0 N–H and O–H groups in total. The number of fused-ring (bicyclic) bond motifs is 1. The molecule has 3 rings (SSSR count). The Hall–Kier alpha value is -1.66. The predicted octanol–water partition coefficient (Wildman–Crippen LogP) is 4.19. The second-order valence-corrected chi connectivity index (χ2v) is 13.9. The van der Waals surface area contributed by atoms with Crippen molar-refractivity contribution in [1.29, 1.82) is 0 Å². The molecule has 0 aromatic heterocycles. The third-order valence-corrected chi connectivity index (χ3v) is 10.8. The second-order valence-electron chi connectivity index (χ2n) is 9.18. The van der Waals surface area contributed by atoms with Crippen molar-refractivity contribution < 1.29 is 23.5 Å². The zero-order valence-electron chi connectivity index (χ0n) is 16.9. The maximum Gasteiger partial charge on any atom is 0.338 e. The van der Waals surface area contributed by atoms with E-state index in [0.29, 0.717) is 18.4 Å². The van der Waals surface area contributed by atoms with Crippen molar-refractivity contribution in [3.63, 3.8) is 0 Å². The molecule has 1 heterocycles. The van der Waals surface area contributed by atoms with Crippen LogP contribution in [0, 0.1) is 11.8 Å². The van der Waals surface area contributed by atoms with Crippen LogP contribution in [0.5, 0.6) is 0 Å². The van der Waals surface area contributed by atoms with E-state index in [4.69, 9.17) is 13.9 Å². The van der Waals surface area contributed by atoms with Crippen molar-refractivity contribution in [2.75, 3.05) is 6.61 Å². The van der Waals surface area contributed by atoms with Crippen molar-refractivity contribution >= 4 is 20.3 Å². The molecule has 5 nitrogen and oxygen atoms in total. The van der Waals surface area contributed by atoms with E-state index in [0.717, 1.165) is 0 Å². The van der Waals surface area contributed by atoms with Gasteiger partial charge in [0.2, 0.25) is 0 Å². The fraction of sp³-hybridized carbons (Fsp3) is 0.619. The van der Waals surface area contributed by atoms with E-state index in [-0.39, 0.29) is 47.6 Å². The van der Waals surface area contributed by atoms with Crippen LogP contribution in [0.15, 0.2) is 30.3 Å². The Bertz CT molecular complexity index is 694. The number of carbonyl (C=O) groups excluding carboxylic acids is 2. The van der Waals surface area contributed by atoms with Crippen LogP contribution in [0.1, 0.15) is 44.0 Å². The van der Waals surface area contributed by atoms with Gasteiger partial charge in [0.1, 0.15) is 6.10 Å². The molecular weight excluding hydrogens is 360 g/mol. The Labute approximate surface area is 162 Å². The summed E-state index contributed by atoms with van der Waals surface area (Å²) in [5.74, 6) is -0.440. The Kier molecular flexibility index (Phi) is 5.50. The van der Waals surface area contributed by atoms with Crippen molar-refractivity contribution in [2.45, 2.75) is 64.0 Å². The van der Waals surface area contributed by atoms with Gasteiger partial charge in [0, 0.05) is 18.3 Å². The Morgan fingerprint density at radius 3 is 2.52 bits per heavy atom. The summed E-state index contributed by atoms with van der Waals surface area (Å²) in [4.78, 5) is 24.1. The van der Waals surface area contributed by atoms with Gasteiger partial charge in [0.15, 0.2) is 8.32 Å². The van der Waals surface area contributed by atoms with E-state index in [1.165, 1.54) is 0 Å². The topological polar surface area (TPSA) is 61.8 Å². The summed E-state index contributed by atoms with van der Waals surface area (Å²) >= 11 is 0. The second kappa shape index (κ2) is 7.39. The van der Waals surface area contributed by atoms with Crippen LogP contribution in [0.2, 0.25) is 18.1 Å². The third-order valence-electron chi connectivity index (χ3n) is 6.32. The predicted molar refractivity (Wildman–Crippen MR) is 105 cm³/mol. The molecule has 1 aromatic carbocycles. The maximum atomic E-state index is 12.4. The smallest absolute Gasteiger partial charge is 0.338 e. The first-order valence-corrected chi connectivity index (χ1v) is 12.6. The maximum absolute atomic E-state index is 12.4. The molecule has 2 aliphatic rings. The molecular formula is C21H30O5Si. The largest absolute Gasteiger partial charge is 0.462 e. The molecule has 6 heteroatoms. The van der Waals surface area contributed by atoms with Gasteiger partial charge in [-0.15, -0.1) is 0 Å². The average Bonchev–Trinajstić information content (AvgIpc) is 3.07. The van der Waals surface area contributed by atoms with Gasteiger partial charge in [-0.2, -0.15) is 0 Å². The normalized spacial score (nSPS) is 28.0. The van der Waals surface area contributed by atoms with Gasteiger partial charge in [-0.25, -0.2) is 4.79 Å². The highest BCUT2D eigenvalue weighted by atomic mass is 28.4. The van der Waals surface area contributed by atoms with Crippen molar-refractivity contribution in [2.24, 2.45) is 11.8 Å². The van der Waals surface area contributed by atoms with Crippen LogP contribution < -0.4 is 0 Å². The molecule has 27 heavy (non-hydrogen) atoms. The number of hydrogen-bond donors (Lipinski definition) is 0. The van der Waals surface area contributed by atoms with Crippen LogP contribution in [0.3, 0.4) is 0 Å². The quantitative estimate of drug-likeness (QED) is 0.557. The van der Waals surface area contributed by atoms with E-state index in [2.05, 4.69) is 33.9 Å². The monoisotopic (exact) mass is 390 g/mol. The summed E-state index contributed by atoms with van der Waals surface area (Å²) in [6.07, 6.45) is 0.914. The number of esters is 2. The Balaban J connectivity index is 1.71. The fourth-order valence-corrected chi connectivity index (χ4v) is 5.09. The van der Waals surface area contributed by atoms with Gasteiger partial charge in [-0.05, 0) is 30.3 Å². The lowest BCUT2D eigenvalue weighted by molar-refractivity contribution is -0.141. The molecule has 0 unspecified atom stereocenters. The summed E-state index contributed by atoms with van der Waals surface area (Å²) in [6.45, 7) is 11.3. The molecule has 4 atom stereocenters. The van der Waals surface area contributed by atoms with Crippen LogP contribution in [-0.2, 0) is 18.7 Å². The van der Waals surface area contributed by atoms with Gasteiger partial charge < -0.3 is 13.9 Å². The molecule has 1 aliphatic carbocycles. The van der Waals surface area contributed by atoms with Crippen LogP contribution in [-0.4, -0.2) is 39.1 Å². The van der Waals surface area contributed by atoms with Gasteiger partial charge in [0.05, 0.1) is 24.7 Å². The number of carbonyl (C=O) groups is 2. The van der Waals surface area contributed by atoms with E-state index >= 15 is 0 Å². The minimum Gasteiger partial charge on any atom is -0.462 e. The number of ether oxygens (including phenoxy) is 2. The molecule has 1 aliphatic heterocycles. The number of rotatable bonds is 5. The highest BCUT2D eigenvalue weighted by Gasteiger charge is 2.53. The highest BCUT2D eigenvalue weighted by molar-refractivity contribution is 6.74. The van der Waals surface area contributed by atoms with Crippen molar-refractivity contribution in [3.8, 4) is 0 Å². The summed E-state index contributed by atoms with van der Waals surface area (Å²) < 4.78 is 17.8. The summed E-state index contributed by atoms with van der Waals surface area (Å²) in [5, 5.41) is 0.0899. The molecule has 1 saturated heterocycles. The van der Waals surface area contributed by atoms with Gasteiger partial charge in [0.25, 0.3) is 0 Å². The van der Waals surface area contributed by atoms with E-state index in [1.807, 2.05) is 18.2 Å². The molecule has 0 spiro atoms. The molecule has 0 radical (unpaired) electrons. The zero-order chi connectivity index (χ0) is 19.8. The van der Waals surface area contributed by atoms with Gasteiger partial charge in [-0.3, -0.25) is 4.79 Å². The minimum absolute atomic E-state index is 0.0109. The van der Waals surface area contributed by atoms with Crippen LogP contribution >= 0.6 is 0 Å². The lowest BCUT2D eigenvalue weighted by Crippen LogP contribution is -2.46. The fourth-order valence-electron chi connectivity index (χ4n) is 3.71. The zero-order valence-corrected chi connectivity index (χ0v) is 17.9. The molecule has 148 valence electrons.